The van der Waals surface area contributed by atoms with E-state index in [1.807, 2.05) is 0 Å². The van der Waals surface area contributed by atoms with Crippen LogP contribution in [0.15, 0.2) is 18.2 Å². The second kappa shape index (κ2) is 5.96. The van der Waals surface area contributed by atoms with Crippen LogP contribution in [0.3, 0.4) is 0 Å². The van der Waals surface area contributed by atoms with E-state index >= 15 is 0 Å². The van der Waals surface area contributed by atoms with Crippen molar-refractivity contribution in [1.29, 1.82) is 0 Å². The predicted molar refractivity (Wildman–Crippen MR) is 80.9 cm³/mol. The molecule has 1 aromatic rings. The largest absolute Gasteiger partial charge is 0.481 e. The van der Waals surface area contributed by atoms with E-state index in [1.54, 1.807) is 0 Å². The molecule has 0 aromatic heterocycles. The summed E-state index contributed by atoms with van der Waals surface area (Å²) in [5.41, 5.74) is 3.92. The van der Waals surface area contributed by atoms with Crippen molar-refractivity contribution < 1.29 is 9.90 Å². The highest BCUT2D eigenvalue weighted by molar-refractivity contribution is 5.70. The van der Waals surface area contributed by atoms with Gasteiger partial charge in [-0.15, -0.1) is 0 Å². The van der Waals surface area contributed by atoms with Crippen molar-refractivity contribution in [3.8, 4) is 0 Å². The number of aryl methyl sites for hydroxylation is 2. The molecule has 3 nitrogen and oxygen atoms in total. The average molecular weight is 275 g/mol. The van der Waals surface area contributed by atoms with Gasteiger partial charge in [0, 0.05) is 12.1 Å². The van der Waals surface area contributed by atoms with Crippen molar-refractivity contribution >= 4 is 5.97 Å². The van der Waals surface area contributed by atoms with E-state index in [0.29, 0.717) is 12.1 Å². The topological polar surface area (TPSA) is 40.5 Å². The van der Waals surface area contributed by atoms with Gasteiger partial charge in [-0.1, -0.05) is 29.3 Å². The molecular formula is C17H25NO2. The van der Waals surface area contributed by atoms with Crippen LogP contribution < -0.4 is 0 Å². The Balaban J connectivity index is 2.13. The number of likely N-dealkylation sites (tertiary alicyclic amines) is 1. The number of carbonyl (C=O) groups is 1. The Morgan fingerprint density at radius 1 is 1.30 bits per heavy atom. The smallest absolute Gasteiger partial charge is 0.306 e. The monoisotopic (exact) mass is 275 g/mol. The number of hydrogen-bond acceptors (Lipinski definition) is 2. The van der Waals surface area contributed by atoms with Gasteiger partial charge in [0.1, 0.15) is 0 Å². The zero-order valence-electron chi connectivity index (χ0n) is 12.9. The molecule has 1 aromatic carbocycles. The number of piperidine rings is 1. The molecule has 1 heterocycles. The maximum atomic E-state index is 11.1. The van der Waals surface area contributed by atoms with Gasteiger partial charge in [0.15, 0.2) is 0 Å². The number of carboxylic acid groups (broad SMARTS) is 1. The zero-order valence-corrected chi connectivity index (χ0v) is 12.9. The zero-order chi connectivity index (χ0) is 14.9. The van der Waals surface area contributed by atoms with Crippen LogP contribution in [0.5, 0.6) is 0 Å². The molecule has 0 bridgehead atoms. The lowest BCUT2D eigenvalue weighted by Crippen LogP contribution is -2.43. The molecule has 1 aliphatic rings. The number of rotatable bonds is 3. The maximum Gasteiger partial charge on any atom is 0.306 e. The average Bonchev–Trinajstić information content (AvgIpc) is 2.36. The summed E-state index contributed by atoms with van der Waals surface area (Å²) in [4.78, 5) is 13.6. The van der Waals surface area contributed by atoms with Crippen molar-refractivity contribution in [2.45, 2.75) is 52.6 Å². The first-order chi connectivity index (χ1) is 9.38. The van der Waals surface area contributed by atoms with Crippen LogP contribution in [0, 0.1) is 19.8 Å². The second-order valence-corrected chi connectivity index (χ2v) is 6.24. The lowest BCUT2D eigenvalue weighted by Gasteiger charge is -2.40. The van der Waals surface area contributed by atoms with Gasteiger partial charge in [0.25, 0.3) is 0 Å². The maximum absolute atomic E-state index is 11.1. The van der Waals surface area contributed by atoms with Gasteiger partial charge < -0.3 is 5.11 Å². The normalized spacial score (nSPS) is 25.4. The quantitative estimate of drug-likeness (QED) is 0.917. The Bertz CT molecular complexity index is 478. The Hall–Kier alpha value is -1.35. The summed E-state index contributed by atoms with van der Waals surface area (Å²) in [5.74, 6) is -0.816. The molecule has 1 aliphatic heterocycles. The summed E-state index contributed by atoms with van der Waals surface area (Å²) in [7, 11) is 0. The molecule has 20 heavy (non-hydrogen) atoms. The van der Waals surface area contributed by atoms with Crippen molar-refractivity contribution in [2.75, 3.05) is 6.54 Å². The molecule has 0 saturated carbocycles. The highest BCUT2D eigenvalue weighted by atomic mass is 16.4. The minimum atomic E-state index is -0.643. The Kier molecular flexibility index (Phi) is 4.48. The van der Waals surface area contributed by atoms with Gasteiger partial charge in [-0.2, -0.15) is 0 Å². The highest BCUT2D eigenvalue weighted by Gasteiger charge is 2.32. The third kappa shape index (κ3) is 3.21. The van der Waals surface area contributed by atoms with Crippen LogP contribution in [-0.4, -0.2) is 28.6 Å². The van der Waals surface area contributed by atoms with E-state index in [1.165, 1.54) is 16.7 Å². The third-order valence-corrected chi connectivity index (χ3v) is 4.50. The molecule has 3 unspecified atom stereocenters. The molecule has 1 fully saturated rings. The van der Waals surface area contributed by atoms with Crippen LogP contribution in [0.1, 0.15) is 49.4 Å². The summed E-state index contributed by atoms with van der Waals surface area (Å²) < 4.78 is 0. The Labute approximate surface area is 121 Å². The summed E-state index contributed by atoms with van der Waals surface area (Å²) >= 11 is 0. The second-order valence-electron chi connectivity index (χ2n) is 6.24. The van der Waals surface area contributed by atoms with Gasteiger partial charge in [-0.25, -0.2) is 0 Å². The van der Waals surface area contributed by atoms with Crippen LogP contribution in [0.4, 0.5) is 0 Å². The van der Waals surface area contributed by atoms with Gasteiger partial charge in [-0.05, 0) is 52.6 Å². The molecule has 0 amide bonds. The number of aliphatic carboxylic acids is 1. The molecule has 1 saturated heterocycles. The van der Waals surface area contributed by atoms with Gasteiger partial charge in [0.2, 0.25) is 0 Å². The minimum Gasteiger partial charge on any atom is -0.481 e. The molecule has 2 rings (SSSR count). The van der Waals surface area contributed by atoms with Crippen molar-refractivity contribution in [2.24, 2.45) is 5.92 Å². The lowest BCUT2D eigenvalue weighted by molar-refractivity contribution is -0.144. The van der Waals surface area contributed by atoms with E-state index in [2.05, 4.69) is 50.8 Å². The first-order valence-electron chi connectivity index (χ1n) is 7.45. The van der Waals surface area contributed by atoms with Crippen LogP contribution in [0.25, 0.3) is 0 Å². The SMILES string of the molecule is Cc1cc(C)cc(C(C)N2CCC(C(=O)O)CC2C)c1. The molecule has 0 radical (unpaired) electrons. The summed E-state index contributed by atoms with van der Waals surface area (Å²) in [6.45, 7) is 9.50. The summed E-state index contributed by atoms with van der Waals surface area (Å²) in [6, 6.07) is 7.34. The van der Waals surface area contributed by atoms with Crippen molar-refractivity contribution in [3.05, 3.63) is 34.9 Å². The first-order valence-corrected chi connectivity index (χ1v) is 7.45. The van der Waals surface area contributed by atoms with Gasteiger partial charge in [-0.3, -0.25) is 9.69 Å². The molecule has 0 spiro atoms. The van der Waals surface area contributed by atoms with Crippen LogP contribution in [-0.2, 0) is 4.79 Å². The van der Waals surface area contributed by atoms with E-state index in [0.717, 1.165) is 19.4 Å². The van der Waals surface area contributed by atoms with Gasteiger partial charge in [0.05, 0.1) is 5.92 Å². The van der Waals surface area contributed by atoms with Crippen LogP contribution >= 0.6 is 0 Å². The van der Waals surface area contributed by atoms with Gasteiger partial charge >= 0.3 is 5.97 Å². The molecular weight excluding hydrogens is 250 g/mol. The Morgan fingerprint density at radius 2 is 1.90 bits per heavy atom. The number of hydrogen-bond donors (Lipinski definition) is 1. The first kappa shape index (κ1) is 15.0. The summed E-state index contributed by atoms with van der Waals surface area (Å²) in [5, 5.41) is 9.15. The summed E-state index contributed by atoms with van der Waals surface area (Å²) in [6.07, 6.45) is 1.51. The Morgan fingerprint density at radius 3 is 2.40 bits per heavy atom. The fourth-order valence-electron chi connectivity index (χ4n) is 3.43. The van der Waals surface area contributed by atoms with E-state index in [9.17, 15) is 4.79 Å². The highest BCUT2D eigenvalue weighted by Crippen LogP contribution is 2.31. The fourth-order valence-corrected chi connectivity index (χ4v) is 3.43. The predicted octanol–water partition coefficient (Wildman–Crippen LogP) is 3.55. The number of carboxylic acids is 1. The standard InChI is InChI=1S/C17H25NO2/c1-11-7-12(2)9-16(8-11)14(4)18-6-5-15(17(19)20)10-13(18)3/h7-9,13-15H,5-6,10H2,1-4H3,(H,19,20). The number of benzene rings is 1. The molecule has 0 aliphatic carbocycles. The lowest BCUT2D eigenvalue weighted by atomic mass is 9.89. The van der Waals surface area contributed by atoms with E-state index < -0.39 is 5.97 Å². The van der Waals surface area contributed by atoms with Crippen molar-refractivity contribution in [1.82, 2.24) is 4.90 Å². The minimum absolute atomic E-state index is 0.173. The molecule has 1 N–H and O–H groups in total. The third-order valence-electron chi connectivity index (χ3n) is 4.50. The van der Waals surface area contributed by atoms with E-state index in [-0.39, 0.29) is 5.92 Å². The molecule has 3 atom stereocenters. The molecule has 3 heteroatoms. The van der Waals surface area contributed by atoms with Crippen LogP contribution in [0.2, 0.25) is 0 Å². The number of nitrogens with zero attached hydrogens (tertiary/aromatic N) is 1. The fraction of sp³-hybridized carbons (Fsp3) is 0.588. The van der Waals surface area contributed by atoms with Crippen molar-refractivity contribution in [3.63, 3.8) is 0 Å². The molecule has 110 valence electrons. The van der Waals surface area contributed by atoms with E-state index in [4.69, 9.17) is 5.11 Å².